The Labute approximate surface area is 258 Å². The molecule has 3 N–H and O–H groups in total. The van der Waals surface area contributed by atoms with Gasteiger partial charge in [-0.05, 0) is 89.7 Å². The topological polar surface area (TPSA) is 102 Å². The molecule has 44 heavy (non-hydrogen) atoms. The van der Waals surface area contributed by atoms with Gasteiger partial charge in [-0.15, -0.1) is 0 Å². The number of anilines is 3. The molecule has 3 aliphatic rings. The standard InChI is InChI=1S/C31H42F3N7O2.CH4/c1-20(2)36-28(42)24-7-6-8-26(24)38-27-25(31(32,33)34)19-35-30(39-27)37-22-11-9-21(10-12-22)29(43)41-17-13-23(14-18-41)40-15-4-3-5-16-40;/h9-12,19-20,23-24,26H,3-8,13-18H2,1-2H3,(H,36,42)(H2,35,37,38,39);1H4/t24-,26+;/m0./s1. The molecular weight excluding hydrogens is 571 g/mol. The third kappa shape index (κ3) is 8.19. The van der Waals surface area contributed by atoms with E-state index in [0.29, 0.717) is 30.1 Å². The Balaban J connectivity index is 0.00000442. The Bertz CT molecular complexity index is 1260. The Morgan fingerprint density at radius 1 is 0.932 bits per heavy atom. The molecule has 2 aliphatic heterocycles. The van der Waals surface area contributed by atoms with Crippen molar-refractivity contribution in [2.45, 2.75) is 96.9 Å². The maximum Gasteiger partial charge on any atom is 0.421 e. The highest BCUT2D eigenvalue weighted by molar-refractivity contribution is 5.94. The van der Waals surface area contributed by atoms with E-state index in [-0.39, 0.29) is 37.0 Å². The minimum Gasteiger partial charge on any atom is -0.366 e. The Hall–Kier alpha value is -3.41. The highest BCUT2D eigenvalue weighted by Crippen LogP contribution is 2.37. The Morgan fingerprint density at radius 2 is 1.61 bits per heavy atom. The number of alkyl halides is 3. The van der Waals surface area contributed by atoms with Crippen LogP contribution >= 0.6 is 0 Å². The molecule has 0 unspecified atom stereocenters. The first-order valence-electron chi connectivity index (χ1n) is 15.5. The highest BCUT2D eigenvalue weighted by atomic mass is 19.4. The van der Waals surface area contributed by atoms with Gasteiger partial charge >= 0.3 is 6.18 Å². The minimum absolute atomic E-state index is 0. The van der Waals surface area contributed by atoms with Crippen LogP contribution < -0.4 is 16.0 Å². The second-order valence-electron chi connectivity index (χ2n) is 12.2. The molecule has 3 heterocycles. The first-order valence-corrected chi connectivity index (χ1v) is 15.5. The lowest BCUT2D eigenvalue weighted by molar-refractivity contribution is -0.137. The van der Waals surface area contributed by atoms with Gasteiger partial charge in [0, 0.05) is 48.7 Å². The van der Waals surface area contributed by atoms with Crippen molar-refractivity contribution in [1.29, 1.82) is 0 Å². The van der Waals surface area contributed by atoms with Crippen LogP contribution in [0.5, 0.6) is 0 Å². The number of likely N-dealkylation sites (tertiary alicyclic amines) is 2. The minimum atomic E-state index is -4.67. The zero-order valence-electron chi connectivity index (χ0n) is 24.9. The number of carbonyl (C=O) groups is 2. The maximum atomic E-state index is 13.8. The molecule has 2 atom stereocenters. The molecule has 3 fully saturated rings. The number of hydrogen-bond acceptors (Lipinski definition) is 7. The quantitative estimate of drug-likeness (QED) is 0.331. The summed E-state index contributed by atoms with van der Waals surface area (Å²) in [7, 11) is 0. The van der Waals surface area contributed by atoms with Gasteiger partial charge in [0.1, 0.15) is 11.4 Å². The lowest BCUT2D eigenvalue weighted by atomic mass is 9.99. The van der Waals surface area contributed by atoms with E-state index in [1.54, 1.807) is 24.3 Å². The number of piperidine rings is 2. The van der Waals surface area contributed by atoms with Crippen LogP contribution in [0.1, 0.15) is 88.6 Å². The van der Waals surface area contributed by atoms with E-state index in [9.17, 15) is 22.8 Å². The van der Waals surface area contributed by atoms with E-state index in [1.165, 1.54) is 19.3 Å². The number of nitrogens with zero attached hydrogens (tertiary/aromatic N) is 4. The zero-order chi connectivity index (χ0) is 30.6. The van der Waals surface area contributed by atoms with Gasteiger partial charge in [0.25, 0.3) is 5.91 Å². The molecule has 12 heteroatoms. The van der Waals surface area contributed by atoms with Crippen molar-refractivity contribution in [2.75, 3.05) is 36.8 Å². The number of hydrogen-bond donors (Lipinski definition) is 3. The van der Waals surface area contributed by atoms with E-state index in [2.05, 4.69) is 30.8 Å². The van der Waals surface area contributed by atoms with Gasteiger partial charge in [-0.3, -0.25) is 9.59 Å². The normalized spacial score (nSPS) is 21.5. The summed E-state index contributed by atoms with van der Waals surface area (Å²) < 4.78 is 41.5. The monoisotopic (exact) mass is 617 g/mol. The first kappa shape index (κ1) is 33.5. The summed E-state index contributed by atoms with van der Waals surface area (Å²) in [5, 5.41) is 8.72. The number of rotatable bonds is 8. The number of benzene rings is 1. The van der Waals surface area contributed by atoms with Crippen molar-refractivity contribution in [2.24, 2.45) is 5.92 Å². The molecule has 9 nitrogen and oxygen atoms in total. The van der Waals surface area contributed by atoms with Crippen LogP contribution in [0.15, 0.2) is 30.5 Å². The molecule has 242 valence electrons. The van der Waals surface area contributed by atoms with Crippen molar-refractivity contribution >= 4 is 29.3 Å². The molecule has 1 aromatic carbocycles. The fourth-order valence-electron chi connectivity index (χ4n) is 6.50. The molecule has 2 aromatic rings. The Kier molecular flexibility index (Phi) is 11.1. The van der Waals surface area contributed by atoms with Crippen molar-refractivity contribution in [3.63, 3.8) is 0 Å². The first-order chi connectivity index (χ1) is 20.6. The summed E-state index contributed by atoms with van der Waals surface area (Å²) in [6.07, 6.45) is 3.75. The maximum absolute atomic E-state index is 13.8. The number of aromatic nitrogens is 2. The Morgan fingerprint density at radius 3 is 2.25 bits per heavy atom. The SMILES string of the molecule is C.CC(C)NC(=O)[C@H]1CCC[C@H]1Nc1nc(Nc2ccc(C(=O)N3CCC(N4CCCCC4)CC3)cc2)ncc1C(F)(F)F. The van der Waals surface area contributed by atoms with Gasteiger partial charge in [0.15, 0.2) is 0 Å². The molecule has 0 spiro atoms. The van der Waals surface area contributed by atoms with Crippen LogP contribution in [0.2, 0.25) is 0 Å². The van der Waals surface area contributed by atoms with Crippen molar-refractivity contribution in [3.8, 4) is 0 Å². The molecular formula is C32H46F3N7O2. The average Bonchev–Trinajstić information content (AvgIpc) is 3.45. The number of nitrogens with one attached hydrogen (secondary N) is 3. The average molecular weight is 618 g/mol. The van der Waals surface area contributed by atoms with Crippen LogP contribution in [0.4, 0.5) is 30.6 Å². The third-order valence-corrected chi connectivity index (χ3v) is 8.75. The molecule has 2 amide bonds. The molecule has 1 aromatic heterocycles. The summed E-state index contributed by atoms with van der Waals surface area (Å²) in [4.78, 5) is 38.4. The van der Waals surface area contributed by atoms with E-state index in [0.717, 1.165) is 51.6 Å². The van der Waals surface area contributed by atoms with Crippen LogP contribution in [0.25, 0.3) is 0 Å². The lowest BCUT2D eigenvalue weighted by Crippen LogP contribution is -2.48. The molecule has 1 saturated carbocycles. The van der Waals surface area contributed by atoms with E-state index < -0.39 is 23.7 Å². The van der Waals surface area contributed by atoms with Crippen LogP contribution in [-0.4, -0.2) is 75.9 Å². The summed E-state index contributed by atoms with van der Waals surface area (Å²) in [5.41, 5.74) is 0.115. The fourth-order valence-corrected chi connectivity index (χ4v) is 6.50. The summed E-state index contributed by atoms with van der Waals surface area (Å²) >= 11 is 0. The van der Waals surface area contributed by atoms with Gasteiger partial charge in [-0.2, -0.15) is 18.2 Å². The largest absolute Gasteiger partial charge is 0.421 e. The summed E-state index contributed by atoms with van der Waals surface area (Å²) in [5.74, 6) is -1.02. The molecule has 1 aliphatic carbocycles. The van der Waals surface area contributed by atoms with E-state index >= 15 is 0 Å². The predicted octanol–water partition coefficient (Wildman–Crippen LogP) is 6.07. The highest BCUT2D eigenvalue weighted by Gasteiger charge is 2.39. The molecule has 2 saturated heterocycles. The van der Waals surface area contributed by atoms with Crippen LogP contribution in [0, 0.1) is 5.92 Å². The fraction of sp³-hybridized carbons (Fsp3) is 0.625. The molecule has 0 bridgehead atoms. The van der Waals surface area contributed by atoms with Gasteiger partial charge in [0.05, 0.1) is 5.92 Å². The summed E-state index contributed by atoms with van der Waals surface area (Å²) in [6.45, 7) is 7.47. The van der Waals surface area contributed by atoms with E-state index in [1.807, 2.05) is 18.7 Å². The van der Waals surface area contributed by atoms with Gasteiger partial charge in [-0.25, -0.2) is 4.98 Å². The van der Waals surface area contributed by atoms with Gasteiger partial charge < -0.3 is 25.8 Å². The second kappa shape index (κ2) is 14.6. The van der Waals surface area contributed by atoms with Crippen LogP contribution in [-0.2, 0) is 11.0 Å². The van der Waals surface area contributed by atoms with Crippen molar-refractivity contribution in [1.82, 2.24) is 25.1 Å². The zero-order valence-corrected chi connectivity index (χ0v) is 24.9. The van der Waals surface area contributed by atoms with E-state index in [4.69, 9.17) is 0 Å². The second-order valence-corrected chi connectivity index (χ2v) is 12.2. The third-order valence-electron chi connectivity index (χ3n) is 8.75. The van der Waals surface area contributed by atoms with Crippen molar-refractivity contribution in [3.05, 3.63) is 41.6 Å². The number of amides is 2. The predicted molar refractivity (Wildman–Crippen MR) is 166 cm³/mol. The number of halogens is 3. The molecule has 5 rings (SSSR count). The smallest absolute Gasteiger partial charge is 0.366 e. The lowest BCUT2D eigenvalue weighted by Gasteiger charge is -2.40. The summed E-state index contributed by atoms with van der Waals surface area (Å²) in [6, 6.07) is 6.83. The van der Waals surface area contributed by atoms with Crippen LogP contribution in [0.3, 0.4) is 0 Å². The molecule has 0 radical (unpaired) electrons. The van der Waals surface area contributed by atoms with Gasteiger partial charge in [-0.1, -0.05) is 20.3 Å². The van der Waals surface area contributed by atoms with Crippen molar-refractivity contribution < 1.29 is 22.8 Å². The number of carbonyl (C=O) groups excluding carboxylic acids is 2. The van der Waals surface area contributed by atoms with Gasteiger partial charge in [0.2, 0.25) is 11.9 Å².